The smallest absolute Gasteiger partial charge is 0.252 e. The molecule has 2 aliphatic rings. The lowest BCUT2D eigenvalue weighted by Gasteiger charge is -2.26. The van der Waals surface area contributed by atoms with E-state index in [0.29, 0.717) is 11.1 Å². The Balaban J connectivity index is 0.00000192. The highest BCUT2D eigenvalue weighted by Gasteiger charge is 2.26. The van der Waals surface area contributed by atoms with Crippen molar-refractivity contribution in [2.24, 2.45) is 0 Å². The maximum Gasteiger partial charge on any atom is 0.252 e. The van der Waals surface area contributed by atoms with E-state index in [2.05, 4.69) is 39.5 Å². The minimum absolute atomic E-state index is 0. The van der Waals surface area contributed by atoms with Crippen molar-refractivity contribution < 1.29 is 9.18 Å². The zero-order chi connectivity index (χ0) is 18.4. The summed E-state index contributed by atoms with van der Waals surface area (Å²) in [6, 6.07) is 11.7. The fourth-order valence-corrected chi connectivity index (χ4v) is 4.34. The van der Waals surface area contributed by atoms with Gasteiger partial charge in [0.25, 0.3) is 5.91 Å². The number of fused-ring (bicyclic) bond motifs is 2. The first-order valence-corrected chi connectivity index (χ1v) is 9.63. The van der Waals surface area contributed by atoms with Gasteiger partial charge in [-0.05, 0) is 61.8 Å². The van der Waals surface area contributed by atoms with Crippen molar-refractivity contribution in [3.05, 3.63) is 58.9 Å². The van der Waals surface area contributed by atoms with Crippen LogP contribution in [0.25, 0.3) is 22.2 Å². The molecule has 3 aromatic rings. The Morgan fingerprint density at radius 3 is 2.68 bits per heavy atom. The minimum atomic E-state index is -0.327. The summed E-state index contributed by atoms with van der Waals surface area (Å²) < 4.78 is 14.0. The van der Waals surface area contributed by atoms with Crippen LogP contribution in [-0.4, -0.2) is 28.9 Å². The first-order valence-electron chi connectivity index (χ1n) is 9.63. The van der Waals surface area contributed by atoms with Crippen LogP contribution >= 0.6 is 12.4 Å². The summed E-state index contributed by atoms with van der Waals surface area (Å²) in [6.07, 6.45) is 3.91. The fourth-order valence-electron chi connectivity index (χ4n) is 4.34. The number of H-pyrrole nitrogens is 1. The molecule has 0 unspecified atom stereocenters. The Bertz CT molecular complexity index is 1040. The molecule has 0 radical (unpaired) electrons. The molecule has 3 heterocycles. The summed E-state index contributed by atoms with van der Waals surface area (Å²) in [7, 11) is 0. The van der Waals surface area contributed by atoms with E-state index in [1.54, 1.807) is 6.07 Å². The van der Waals surface area contributed by atoms with Crippen molar-refractivity contribution >= 4 is 29.2 Å². The summed E-state index contributed by atoms with van der Waals surface area (Å²) in [5.41, 5.74) is 4.86. The van der Waals surface area contributed by atoms with Gasteiger partial charge in [-0.2, -0.15) is 0 Å². The lowest BCUT2D eigenvalue weighted by molar-refractivity contribution is 0.0966. The molecule has 0 aliphatic carbocycles. The number of benzene rings is 2. The topological polar surface area (TPSA) is 48.1 Å². The van der Waals surface area contributed by atoms with Crippen LogP contribution in [0.1, 0.15) is 40.7 Å². The first kappa shape index (κ1) is 19.0. The van der Waals surface area contributed by atoms with Gasteiger partial charge < -0.3 is 10.3 Å². The number of rotatable bonds is 3. The molecule has 1 saturated heterocycles. The van der Waals surface area contributed by atoms with E-state index in [1.807, 2.05) is 0 Å². The van der Waals surface area contributed by atoms with Gasteiger partial charge in [0.2, 0.25) is 0 Å². The molecule has 28 heavy (non-hydrogen) atoms. The zero-order valence-corrected chi connectivity index (χ0v) is 16.4. The monoisotopic (exact) mass is 399 g/mol. The molecule has 1 fully saturated rings. The number of amides is 1. The second-order valence-corrected chi connectivity index (χ2v) is 7.57. The van der Waals surface area contributed by atoms with Gasteiger partial charge in [-0.15, -0.1) is 12.4 Å². The van der Waals surface area contributed by atoms with Gasteiger partial charge in [0.15, 0.2) is 0 Å². The number of nitrogens with one attached hydrogen (secondary N) is 2. The average molecular weight is 400 g/mol. The Hall–Kier alpha value is -2.37. The lowest BCUT2D eigenvalue weighted by Crippen LogP contribution is -2.28. The standard InChI is InChI=1S/C22H22FN3O.ClH/c23-18-6-5-16(21-17(18)12-24-22(21)27)20-11-15-10-14(4-7-19(15)25-20)13-26-8-2-1-3-9-26;/h4-7,10-11,25H,1-3,8-9,12-13H2,(H,24,27);1H. The number of hydrogen-bond donors (Lipinski definition) is 2. The van der Waals surface area contributed by atoms with Crippen LogP contribution in [0.5, 0.6) is 0 Å². The second kappa shape index (κ2) is 7.57. The lowest BCUT2D eigenvalue weighted by atomic mass is 10.00. The van der Waals surface area contributed by atoms with Crippen LogP contribution in [0.3, 0.4) is 0 Å². The number of halogens is 2. The first-order chi connectivity index (χ1) is 13.2. The number of carbonyl (C=O) groups is 1. The highest BCUT2D eigenvalue weighted by Crippen LogP contribution is 2.32. The van der Waals surface area contributed by atoms with E-state index in [-0.39, 0.29) is 30.7 Å². The minimum Gasteiger partial charge on any atom is -0.355 e. The quantitative estimate of drug-likeness (QED) is 0.674. The molecule has 1 amide bonds. The molecule has 6 heteroatoms. The molecule has 1 aromatic heterocycles. The number of aromatic amines is 1. The SMILES string of the molecule is Cl.O=C1NCc2c(F)ccc(-c3cc4cc(CN5CCCCC5)ccc4[nH]3)c21. The summed E-state index contributed by atoms with van der Waals surface area (Å²) in [5, 5.41) is 3.85. The molecule has 0 spiro atoms. The predicted molar refractivity (Wildman–Crippen MR) is 111 cm³/mol. The number of likely N-dealkylation sites (tertiary alicyclic amines) is 1. The molecular weight excluding hydrogens is 377 g/mol. The predicted octanol–water partition coefficient (Wildman–Crippen LogP) is 4.63. The van der Waals surface area contributed by atoms with Gasteiger partial charge in [-0.25, -0.2) is 4.39 Å². The highest BCUT2D eigenvalue weighted by atomic mass is 35.5. The van der Waals surface area contributed by atoms with Gasteiger partial charge >= 0.3 is 0 Å². The maximum absolute atomic E-state index is 14.0. The molecule has 2 aliphatic heterocycles. The molecular formula is C22H23ClFN3O. The van der Waals surface area contributed by atoms with Crippen molar-refractivity contribution in [1.82, 2.24) is 15.2 Å². The summed E-state index contributed by atoms with van der Waals surface area (Å²) in [5.74, 6) is -0.532. The molecule has 146 valence electrons. The summed E-state index contributed by atoms with van der Waals surface area (Å²) >= 11 is 0. The van der Waals surface area contributed by atoms with Crippen LogP contribution in [0.2, 0.25) is 0 Å². The third-order valence-electron chi connectivity index (χ3n) is 5.74. The van der Waals surface area contributed by atoms with E-state index in [4.69, 9.17) is 0 Å². The zero-order valence-electron chi connectivity index (χ0n) is 15.6. The summed E-state index contributed by atoms with van der Waals surface area (Å²) in [6.45, 7) is 3.58. The number of carbonyl (C=O) groups excluding carboxylic acids is 1. The number of piperidine rings is 1. The van der Waals surface area contributed by atoms with E-state index in [1.165, 1.54) is 44.0 Å². The average Bonchev–Trinajstić information content (AvgIpc) is 3.27. The van der Waals surface area contributed by atoms with Gasteiger partial charge in [0.05, 0.1) is 5.56 Å². The third-order valence-corrected chi connectivity index (χ3v) is 5.74. The Labute approximate surface area is 169 Å². The van der Waals surface area contributed by atoms with Gasteiger partial charge in [0, 0.05) is 40.8 Å². The normalized spacial score (nSPS) is 16.7. The molecule has 0 saturated carbocycles. The van der Waals surface area contributed by atoms with Gasteiger partial charge in [0.1, 0.15) is 5.82 Å². The van der Waals surface area contributed by atoms with E-state index >= 15 is 0 Å². The van der Waals surface area contributed by atoms with Gasteiger partial charge in [-0.1, -0.05) is 12.5 Å². The fraction of sp³-hybridized carbons (Fsp3) is 0.318. The van der Waals surface area contributed by atoms with Crippen molar-refractivity contribution in [2.45, 2.75) is 32.4 Å². The Morgan fingerprint density at radius 1 is 1.04 bits per heavy atom. The van der Waals surface area contributed by atoms with E-state index < -0.39 is 0 Å². The molecule has 2 aromatic carbocycles. The van der Waals surface area contributed by atoms with Crippen molar-refractivity contribution in [3.63, 3.8) is 0 Å². The van der Waals surface area contributed by atoms with E-state index in [9.17, 15) is 9.18 Å². The Morgan fingerprint density at radius 2 is 1.86 bits per heavy atom. The van der Waals surface area contributed by atoms with Crippen molar-refractivity contribution in [1.29, 1.82) is 0 Å². The number of aromatic nitrogens is 1. The molecule has 2 N–H and O–H groups in total. The van der Waals surface area contributed by atoms with Crippen LogP contribution in [0.15, 0.2) is 36.4 Å². The second-order valence-electron chi connectivity index (χ2n) is 7.57. The van der Waals surface area contributed by atoms with E-state index in [0.717, 1.165) is 28.7 Å². The Kier molecular flexibility index (Phi) is 5.13. The van der Waals surface area contributed by atoms with Gasteiger partial charge in [-0.3, -0.25) is 9.69 Å². The molecule has 0 bridgehead atoms. The van der Waals surface area contributed by atoms with Crippen LogP contribution in [0.4, 0.5) is 4.39 Å². The number of nitrogens with zero attached hydrogens (tertiary/aromatic N) is 1. The summed E-state index contributed by atoms with van der Waals surface area (Å²) in [4.78, 5) is 18.1. The number of hydrogen-bond acceptors (Lipinski definition) is 2. The van der Waals surface area contributed by atoms with Crippen LogP contribution in [0, 0.1) is 5.82 Å². The van der Waals surface area contributed by atoms with Crippen molar-refractivity contribution in [2.75, 3.05) is 13.1 Å². The van der Waals surface area contributed by atoms with Crippen LogP contribution < -0.4 is 5.32 Å². The molecule has 0 atom stereocenters. The molecule has 5 rings (SSSR count). The largest absolute Gasteiger partial charge is 0.355 e. The molecule has 4 nitrogen and oxygen atoms in total. The third kappa shape index (κ3) is 3.29. The maximum atomic E-state index is 14.0. The highest BCUT2D eigenvalue weighted by molar-refractivity contribution is 6.05. The van der Waals surface area contributed by atoms with Crippen molar-refractivity contribution in [3.8, 4) is 11.3 Å². The van der Waals surface area contributed by atoms with Crippen LogP contribution in [-0.2, 0) is 13.1 Å².